The molecule has 1 fully saturated rings. The number of rotatable bonds is 1. The normalized spacial score (nSPS) is 31.4. The molecule has 96 valence electrons. The van der Waals surface area contributed by atoms with Gasteiger partial charge in [0.15, 0.2) is 5.78 Å². The lowest BCUT2D eigenvalue weighted by Crippen LogP contribution is -2.46. The number of piperidine rings is 1. The highest BCUT2D eigenvalue weighted by molar-refractivity contribution is 6.02. The van der Waals surface area contributed by atoms with Gasteiger partial charge in [0.1, 0.15) is 0 Å². The molecule has 1 saturated heterocycles. The molecule has 2 aliphatic rings. The number of benzene rings is 1. The van der Waals surface area contributed by atoms with Gasteiger partial charge in [-0.05, 0) is 44.7 Å². The monoisotopic (exact) mass is 243 g/mol. The highest BCUT2D eigenvalue weighted by atomic mass is 16.1. The molecule has 1 aliphatic heterocycles. The first kappa shape index (κ1) is 11.9. The third-order valence-electron chi connectivity index (χ3n) is 4.44. The van der Waals surface area contributed by atoms with E-state index in [1.807, 2.05) is 0 Å². The maximum Gasteiger partial charge on any atom is 0.168 e. The number of hydrogen-bond acceptors (Lipinski definition) is 2. The highest BCUT2D eigenvalue weighted by Gasteiger charge is 2.37. The van der Waals surface area contributed by atoms with Crippen LogP contribution in [0.3, 0.4) is 0 Å². The van der Waals surface area contributed by atoms with Gasteiger partial charge in [0.2, 0.25) is 0 Å². The number of nitrogens with one attached hydrogen (secondary N) is 1. The van der Waals surface area contributed by atoms with E-state index in [0.29, 0.717) is 17.9 Å². The molecular formula is C16H21NO. The van der Waals surface area contributed by atoms with Crippen molar-refractivity contribution < 1.29 is 4.79 Å². The molecule has 0 saturated carbocycles. The summed E-state index contributed by atoms with van der Waals surface area (Å²) in [7, 11) is 0. The maximum absolute atomic E-state index is 12.5. The second-order valence-electron chi connectivity index (χ2n) is 5.94. The molecular weight excluding hydrogens is 222 g/mol. The standard InChI is InChI=1S/C16H21NO/c1-10-6-7-12-9-14(16(18)13(12)8-10)15-5-3-4-11(2)17-15/h6-8,11,14-15,17H,3-5,9H2,1-2H3. The van der Waals surface area contributed by atoms with Crippen LogP contribution in [0.5, 0.6) is 0 Å². The van der Waals surface area contributed by atoms with E-state index in [-0.39, 0.29) is 5.92 Å². The predicted octanol–water partition coefficient (Wildman–Crippen LogP) is 2.88. The molecule has 1 aliphatic carbocycles. The summed E-state index contributed by atoms with van der Waals surface area (Å²) in [6, 6.07) is 7.25. The van der Waals surface area contributed by atoms with Crippen LogP contribution in [0.25, 0.3) is 0 Å². The zero-order chi connectivity index (χ0) is 12.7. The Balaban J connectivity index is 1.83. The van der Waals surface area contributed by atoms with Crippen LogP contribution in [0.15, 0.2) is 18.2 Å². The van der Waals surface area contributed by atoms with Gasteiger partial charge in [-0.25, -0.2) is 0 Å². The summed E-state index contributed by atoms with van der Waals surface area (Å²) in [4.78, 5) is 12.5. The van der Waals surface area contributed by atoms with Crippen LogP contribution in [0.1, 0.15) is 47.7 Å². The predicted molar refractivity (Wildman–Crippen MR) is 72.9 cm³/mol. The van der Waals surface area contributed by atoms with Crippen LogP contribution < -0.4 is 5.32 Å². The van der Waals surface area contributed by atoms with Gasteiger partial charge in [0.25, 0.3) is 0 Å². The Kier molecular flexibility index (Phi) is 2.98. The molecule has 0 radical (unpaired) electrons. The molecule has 18 heavy (non-hydrogen) atoms. The second-order valence-corrected chi connectivity index (χ2v) is 5.94. The van der Waals surface area contributed by atoms with Gasteiger partial charge in [0.05, 0.1) is 0 Å². The van der Waals surface area contributed by atoms with Crippen molar-refractivity contribution in [1.29, 1.82) is 0 Å². The summed E-state index contributed by atoms with van der Waals surface area (Å²) >= 11 is 0. The molecule has 2 nitrogen and oxygen atoms in total. The van der Waals surface area contributed by atoms with Gasteiger partial charge in [-0.2, -0.15) is 0 Å². The average molecular weight is 243 g/mol. The number of hydrogen-bond donors (Lipinski definition) is 1. The van der Waals surface area contributed by atoms with Crippen molar-refractivity contribution in [3.05, 3.63) is 34.9 Å². The Hall–Kier alpha value is -1.15. The van der Waals surface area contributed by atoms with Gasteiger partial charge in [0, 0.05) is 23.6 Å². The first-order valence-electron chi connectivity index (χ1n) is 7.05. The lowest BCUT2D eigenvalue weighted by molar-refractivity contribution is 0.0890. The third kappa shape index (κ3) is 1.99. The number of carbonyl (C=O) groups excluding carboxylic acids is 1. The highest BCUT2D eigenvalue weighted by Crippen LogP contribution is 2.32. The lowest BCUT2D eigenvalue weighted by Gasteiger charge is -2.32. The van der Waals surface area contributed by atoms with Crippen molar-refractivity contribution in [2.24, 2.45) is 5.92 Å². The van der Waals surface area contributed by atoms with Crippen LogP contribution in [0, 0.1) is 12.8 Å². The number of fused-ring (bicyclic) bond motifs is 1. The molecule has 0 amide bonds. The Bertz CT molecular complexity index is 480. The van der Waals surface area contributed by atoms with Crippen molar-refractivity contribution in [2.45, 2.75) is 51.6 Å². The summed E-state index contributed by atoms with van der Waals surface area (Å²) in [5.74, 6) is 0.532. The Labute approximate surface area is 109 Å². The van der Waals surface area contributed by atoms with E-state index < -0.39 is 0 Å². The summed E-state index contributed by atoms with van der Waals surface area (Å²) < 4.78 is 0. The van der Waals surface area contributed by atoms with Gasteiger partial charge in [-0.15, -0.1) is 0 Å². The number of Topliss-reactive ketones (excluding diaryl/α,β-unsaturated/α-hetero) is 1. The summed E-state index contributed by atoms with van der Waals surface area (Å²) in [5, 5.41) is 3.62. The van der Waals surface area contributed by atoms with Crippen LogP contribution in [0.2, 0.25) is 0 Å². The van der Waals surface area contributed by atoms with Gasteiger partial charge in [-0.1, -0.05) is 24.1 Å². The van der Waals surface area contributed by atoms with E-state index >= 15 is 0 Å². The fourth-order valence-corrected chi connectivity index (χ4v) is 3.45. The lowest BCUT2D eigenvalue weighted by atomic mass is 9.87. The SMILES string of the molecule is Cc1ccc2c(c1)C(=O)C(C1CCCC(C)N1)C2. The average Bonchev–Trinajstić information content (AvgIpc) is 2.67. The van der Waals surface area contributed by atoms with Crippen molar-refractivity contribution in [3.8, 4) is 0 Å². The molecule has 1 aromatic carbocycles. The molecule has 3 atom stereocenters. The van der Waals surface area contributed by atoms with E-state index in [2.05, 4.69) is 37.4 Å². The van der Waals surface area contributed by atoms with Crippen molar-refractivity contribution in [3.63, 3.8) is 0 Å². The first-order valence-corrected chi connectivity index (χ1v) is 7.05. The minimum atomic E-state index is 0.171. The Morgan fingerprint density at radius 2 is 2.11 bits per heavy atom. The van der Waals surface area contributed by atoms with Crippen LogP contribution in [0.4, 0.5) is 0 Å². The van der Waals surface area contributed by atoms with Crippen LogP contribution in [-0.4, -0.2) is 17.9 Å². The largest absolute Gasteiger partial charge is 0.311 e. The molecule has 1 aromatic rings. The second kappa shape index (κ2) is 4.51. The zero-order valence-electron chi connectivity index (χ0n) is 11.2. The molecule has 0 spiro atoms. The number of aryl methyl sites for hydroxylation is 1. The topological polar surface area (TPSA) is 29.1 Å². The molecule has 1 heterocycles. The van der Waals surface area contributed by atoms with E-state index in [1.165, 1.54) is 24.0 Å². The molecule has 3 rings (SSSR count). The van der Waals surface area contributed by atoms with Gasteiger partial charge in [-0.3, -0.25) is 4.79 Å². The number of carbonyl (C=O) groups is 1. The zero-order valence-corrected chi connectivity index (χ0v) is 11.2. The quantitative estimate of drug-likeness (QED) is 0.821. The Morgan fingerprint density at radius 1 is 1.28 bits per heavy atom. The van der Waals surface area contributed by atoms with E-state index in [0.717, 1.165) is 18.4 Å². The van der Waals surface area contributed by atoms with Crippen molar-refractivity contribution in [1.82, 2.24) is 5.32 Å². The minimum Gasteiger partial charge on any atom is -0.311 e. The molecule has 0 aromatic heterocycles. The molecule has 3 unspecified atom stereocenters. The first-order chi connectivity index (χ1) is 8.65. The Morgan fingerprint density at radius 3 is 2.89 bits per heavy atom. The third-order valence-corrected chi connectivity index (χ3v) is 4.44. The summed E-state index contributed by atoms with van der Waals surface area (Å²) in [6.45, 7) is 4.28. The van der Waals surface area contributed by atoms with Crippen molar-refractivity contribution in [2.75, 3.05) is 0 Å². The van der Waals surface area contributed by atoms with Crippen molar-refractivity contribution >= 4 is 5.78 Å². The van der Waals surface area contributed by atoms with E-state index in [4.69, 9.17) is 0 Å². The van der Waals surface area contributed by atoms with E-state index in [9.17, 15) is 4.79 Å². The smallest absolute Gasteiger partial charge is 0.168 e. The van der Waals surface area contributed by atoms with Crippen LogP contribution in [-0.2, 0) is 6.42 Å². The van der Waals surface area contributed by atoms with Gasteiger partial charge < -0.3 is 5.32 Å². The molecule has 1 N–H and O–H groups in total. The molecule has 2 heteroatoms. The molecule has 0 bridgehead atoms. The van der Waals surface area contributed by atoms with E-state index in [1.54, 1.807) is 0 Å². The maximum atomic E-state index is 12.5. The number of ketones is 1. The minimum absolute atomic E-state index is 0.171. The fourth-order valence-electron chi connectivity index (χ4n) is 3.45. The van der Waals surface area contributed by atoms with Gasteiger partial charge >= 0.3 is 0 Å². The fraction of sp³-hybridized carbons (Fsp3) is 0.562. The summed E-state index contributed by atoms with van der Waals surface area (Å²) in [5.41, 5.74) is 3.41. The summed E-state index contributed by atoms with van der Waals surface area (Å²) in [6.07, 6.45) is 4.56. The van der Waals surface area contributed by atoms with Crippen LogP contribution >= 0.6 is 0 Å².